The van der Waals surface area contributed by atoms with E-state index in [9.17, 15) is 0 Å². The van der Waals surface area contributed by atoms with Crippen LogP contribution in [0.1, 0.15) is 25.0 Å². The van der Waals surface area contributed by atoms with Crippen LogP contribution >= 0.6 is 0 Å². The average molecular weight is 157 g/mol. The number of rotatable bonds is 2. The molecule has 0 spiro atoms. The van der Waals surface area contributed by atoms with Gasteiger partial charge in [-0.05, 0) is 37.1 Å². The Balaban J connectivity index is 2.85. The van der Waals surface area contributed by atoms with Crippen LogP contribution in [0.3, 0.4) is 0 Å². The van der Waals surface area contributed by atoms with E-state index in [1.807, 2.05) is 38.1 Å². The standard InChI is InChI=1S/C12H13/c1-3-5-11-7-9-12(6-4-2)10-8-11/h3-9H,1-2H3/b5-3-,6-4-. The molecular weight excluding hydrogens is 144 g/mol. The molecule has 0 bridgehead atoms. The topological polar surface area (TPSA) is 0 Å². The van der Waals surface area contributed by atoms with Gasteiger partial charge in [0.25, 0.3) is 0 Å². The Morgan fingerprint density at radius 1 is 1.08 bits per heavy atom. The zero-order valence-corrected chi connectivity index (χ0v) is 7.54. The van der Waals surface area contributed by atoms with Crippen LogP contribution in [0.15, 0.2) is 30.4 Å². The van der Waals surface area contributed by atoms with Crippen molar-refractivity contribution < 1.29 is 0 Å². The SMILES string of the molecule is C/C=C\c1[c]cc(/C=C\C)cc1. The maximum absolute atomic E-state index is 3.18. The van der Waals surface area contributed by atoms with Crippen molar-refractivity contribution in [1.29, 1.82) is 0 Å². The molecule has 0 nitrogen and oxygen atoms in total. The molecule has 0 amide bonds. The first-order valence-electron chi connectivity index (χ1n) is 4.14. The number of benzene rings is 1. The summed E-state index contributed by atoms with van der Waals surface area (Å²) in [6, 6.07) is 9.33. The summed E-state index contributed by atoms with van der Waals surface area (Å²) in [5.74, 6) is 0. The van der Waals surface area contributed by atoms with Gasteiger partial charge in [-0.3, -0.25) is 0 Å². The average Bonchev–Trinajstić information content (AvgIpc) is 2.09. The van der Waals surface area contributed by atoms with Crippen LogP contribution in [0.5, 0.6) is 0 Å². The smallest absolute Gasteiger partial charge is 0.00994 e. The van der Waals surface area contributed by atoms with Crippen LogP contribution in [0.2, 0.25) is 0 Å². The van der Waals surface area contributed by atoms with Crippen LogP contribution < -0.4 is 0 Å². The molecule has 61 valence electrons. The second kappa shape index (κ2) is 4.55. The molecule has 0 aliphatic carbocycles. The Hall–Kier alpha value is -1.30. The van der Waals surface area contributed by atoms with Gasteiger partial charge >= 0.3 is 0 Å². The highest BCUT2D eigenvalue weighted by atomic mass is 13.9. The van der Waals surface area contributed by atoms with E-state index in [1.165, 1.54) is 5.56 Å². The van der Waals surface area contributed by atoms with E-state index >= 15 is 0 Å². The molecule has 0 aliphatic rings. The summed E-state index contributed by atoms with van der Waals surface area (Å²) < 4.78 is 0. The van der Waals surface area contributed by atoms with Crippen molar-refractivity contribution in [1.82, 2.24) is 0 Å². The van der Waals surface area contributed by atoms with E-state index in [2.05, 4.69) is 24.3 Å². The van der Waals surface area contributed by atoms with Crippen LogP contribution in [0, 0.1) is 6.07 Å². The summed E-state index contributed by atoms with van der Waals surface area (Å²) in [6.45, 7) is 4.02. The molecule has 0 N–H and O–H groups in total. The lowest BCUT2D eigenvalue weighted by Crippen LogP contribution is -1.74. The molecule has 0 atom stereocenters. The van der Waals surface area contributed by atoms with Gasteiger partial charge in [0.05, 0.1) is 0 Å². The second-order valence-corrected chi connectivity index (χ2v) is 2.58. The van der Waals surface area contributed by atoms with Crippen LogP contribution in [0.4, 0.5) is 0 Å². The summed E-state index contributed by atoms with van der Waals surface area (Å²) in [5.41, 5.74) is 2.33. The minimum atomic E-state index is 1.13. The summed E-state index contributed by atoms with van der Waals surface area (Å²) in [6.07, 6.45) is 8.15. The Kier molecular flexibility index (Phi) is 3.34. The van der Waals surface area contributed by atoms with Crippen LogP contribution in [-0.2, 0) is 0 Å². The molecule has 0 heteroatoms. The molecule has 1 aromatic rings. The number of hydrogen-bond donors (Lipinski definition) is 0. The molecule has 0 unspecified atom stereocenters. The predicted molar refractivity (Wildman–Crippen MR) is 54.7 cm³/mol. The second-order valence-electron chi connectivity index (χ2n) is 2.58. The molecule has 12 heavy (non-hydrogen) atoms. The molecule has 1 radical (unpaired) electrons. The van der Waals surface area contributed by atoms with Gasteiger partial charge in [-0.15, -0.1) is 0 Å². The summed E-state index contributed by atoms with van der Waals surface area (Å²) in [4.78, 5) is 0. The largest absolute Gasteiger partial charge is 0.0871 e. The van der Waals surface area contributed by atoms with Gasteiger partial charge in [0.15, 0.2) is 0 Å². The minimum Gasteiger partial charge on any atom is -0.0871 e. The van der Waals surface area contributed by atoms with Gasteiger partial charge in [0.1, 0.15) is 0 Å². The first-order valence-corrected chi connectivity index (χ1v) is 4.14. The third kappa shape index (κ3) is 2.39. The molecule has 0 heterocycles. The highest BCUT2D eigenvalue weighted by Gasteiger charge is 1.86. The third-order valence-corrected chi connectivity index (χ3v) is 1.57. The predicted octanol–water partition coefficient (Wildman–Crippen LogP) is 3.55. The fourth-order valence-corrected chi connectivity index (χ4v) is 1.03. The van der Waals surface area contributed by atoms with E-state index in [0.29, 0.717) is 0 Å². The summed E-state index contributed by atoms with van der Waals surface area (Å²) in [5, 5.41) is 0. The van der Waals surface area contributed by atoms with E-state index in [1.54, 1.807) is 0 Å². The van der Waals surface area contributed by atoms with Crippen molar-refractivity contribution >= 4 is 12.2 Å². The number of allylic oxidation sites excluding steroid dienone is 2. The fourth-order valence-electron chi connectivity index (χ4n) is 1.03. The normalized spacial score (nSPS) is 11.5. The fraction of sp³-hybridized carbons (Fsp3) is 0.167. The van der Waals surface area contributed by atoms with Gasteiger partial charge in [0, 0.05) is 0 Å². The van der Waals surface area contributed by atoms with Crippen molar-refractivity contribution in [3.63, 3.8) is 0 Å². The molecule has 1 rings (SSSR count). The summed E-state index contributed by atoms with van der Waals surface area (Å²) >= 11 is 0. The van der Waals surface area contributed by atoms with Gasteiger partial charge in [-0.1, -0.05) is 36.4 Å². The molecule has 0 aliphatic heterocycles. The molecule has 0 saturated heterocycles. The minimum absolute atomic E-state index is 1.13. The zero-order chi connectivity index (χ0) is 8.81. The maximum Gasteiger partial charge on any atom is -0.00994 e. The van der Waals surface area contributed by atoms with Gasteiger partial charge < -0.3 is 0 Å². The van der Waals surface area contributed by atoms with Crippen molar-refractivity contribution in [3.05, 3.63) is 47.5 Å². The van der Waals surface area contributed by atoms with Crippen molar-refractivity contribution in [2.24, 2.45) is 0 Å². The quantitative estimate of drug-likeness (QED) is 0.615. The molecular formula is C12H13. The van der Waals surface area contributed by atoms with E-state index in [-0.39, 0.29) is 0 Å². The van der Waals surface area contributed by atoms with Crippen LogP contribution in [0.25, 0.3) is 12.2 Å². The van der Waals surface area contributed by atoms with E-state index < -0.39 is 0 Å². The zero-order valence-electron chi connectivity index (χ0n) is 7.54. The lowest BCUT2D eigenvalue weighted by molar-refractivity contribution is 1.59. The van der Waals surface area contributed by atoms with Gasteiger partial charge in [0.2, 0.25) is 0 Å². The van der Waals surface area contributed by atoms with E-state index in [0.717, 1.165) is 5.56 Å². The van der Waals surface area contributed by atoms with Crippen molar-refractivity contribution in [2.45, 2.75) is 13.8 Å². The van der Waals surface area contributed by atoms with Gasteiger partial charge in [-0.25, -0.2) is 0 Å². The first-order chi connectivity index (χ1) is 5.86. The third-order valence-electron chi connectivity index (χ3n) is 1.57. The number of hydrogen-bond acceptors (Lipinski definition) is 0. The Morgan fingerprint density at radius 3 is 2.33 bits per heavy atom. The van der Waals surface area contributed by atoms with Crippen molar-refractivity contribution in [3.8, 4) is 0 Å². The first kappa shape index (κ1) is 8.79. The van der Waals surface area contributed by atoms with Gasteiger partial charge in [-0.2, -0.15) is 0 Å². The highest BCUT2D eigenvalue weighted by molar-refractivity contribution is 5.54. The molecule has 0 fully saturated rings. The summed E-state index contributed by atoms with van der Waals surface area (Å²) in [7, 11) is 0. The lowest BCUT2D eigenvalue weighted by Gasteiger charge is -1.93. The Morgan fingerprint density at radius 2 is 1.83 bits per heavy atom. The Labute approximate surface area is 74.2 Å². The van der Waals surface area contributed by atoms with E-state index in [4.69, 9.17) is 0 Å². The molecule has 1 aromatic carbocycles. The lowest BCUT2D eigenvalue weighted by atomic mass is 10.1. The Bertz CT molecular complexity index is 244. The maximum atomic E-state index is 3.18. The molecule has 0 saturated carbocycles. The van der Waals surface area contributed by atoms with Crippen LogP contribution in [-0.4, -0.2) is 0 Å². The molecule has 0 aromatic heterocycles. The van der Waals surface area contributed by atoms with Crippen molar-refractivity contribution in [2.75, 3.05) is 0 Å². The monoisotopic (exact) mass is 157 g/mol. The highest BCUT2D eigenvalue weighted by Crippen LogP contribution is 2.06.